The lowest BCUT2D eigenvalue weighted by Crippen LogP contribution is -2.12. The molecule has 90 valence electrons. The molecule has 16 heavy (non-hydrogen) atoms. The molecule has 0 fully saturated rings. The third-order valence-electron chi connectivity index (χ3n) is 1.84. The molecule has 1 aromatic heterocycles. The van der Waals surface area contributed by atoms with Gasteiger partial charge in [0.2, 0.25) is 0 Å². The highest BCUT2D eigenvalue weighted by Gasteiger charge is 2.30. The molecule has 0 saturated heterocycles. The van der Waals surface area contributed by atoms with Gasteiger partial charge in [-0.25, -0.2) is 4.98 Å². The summed E-state index contributed by atoms with van der Waals surface area (Å²) >= 11 is 0. The lowest BCUT2D eigenvalue weighted by atomic mass is 10.2. The number of nitrogens with one attached hydrogen (secondary N) is 1. The van der Waals surface area contributed by atoms with Crippen molar-refractivity contribution in [1.29, 1.82) is 0 Å². The second kappa shape index (κ2) is 5.69. The summed E-state index contributed by atoms with van der Waals surface area (Å²) in [6, 6.07) is 1.92. The van der Waals surface area contributed by atoms with Crippen molar-refractivity contribution in [3.63, 3.8) is 0 Å². The summed E-state index contributed by atoms with van der Waals surface area (Å²) in [4.78, 5) is 3.78. The number of halogens is 3. The molecule has 0 aliphatic carbocycles. The van der Waals surface area contributed by atoms with Crippen molar-refractivity contribution >= 4 is 5.82 Å². The van der Waals surface area contributed by atoms with Crippen LogP contribution >= 0.6 is 0 Å². The van der Waals surface area contributed by atoms with Crippen molar-refractivity contribution in [3.05, 3.63) is 23.9 Å². The van der Waals surface area contributed by atoms with E-state index in [1.54, 1.807) is 0 Å². The van der Waals surface area contributed by atoms with E-state index in [0.29, 0.717) is 19.8 Å². The van der Waals surface area contributed by atoms with Crippen molar-refractivity contribution in [2.24, 2.45) is 0 Å². The van der Waals surface area contributed by atoms with E-state index in [9.17, 15) is 13.2 Å². The van der Waals surface area contributed by atoms with Crippen molar-refractivity contribution < 1.29 is 17.9 Å². The SMILES string of the molecule is CCOCCNc1cc(C(F)(F)F)ccn1. The molecule has 0 aliphatic rings. The molecule has 1 rings (SSSR count). The van der Waals surface area contributed by atoms with Gasteiger partial charge >= 0.3 is 6.18 Å². The van der Waals surface area contributed by atoms with Gasteiger partial charge in [0.05, 0.1) is 12.2 Å². The zero-order valence-electron chi connectivity index (χ0n) is 8.84. The number of ether oxygens (including phenoxy) is 1. The van der Waals surface area contributed by atoms with Crippen molar-refractivity contribution in [1.82, 2.24) is 4.98 Å². The second-order valence-electron chi connectivity index (χ2n) is 3.05. The number of aromatic nitrogens is 1. The molecule has 0 bridgehead atoms. The first kappa shape index (κ1) is 12.8. The fourth-order valence-electron chi connectivity index (χ4n) is 1.10. The summed E-state index contributed by atoms with van der Waals surface area (Å²) in [6.07, 6.45) is -3.20. The Kier molecular flexibility index (Phi) is 4.54. The molecule has 1 heterocycles. The van der Waals surface area contributed by atoms with Crippen molar-refractivity contribution in [2.45, 2.75) is 13.1 Å². The van der Waals surface area contributed by atoms with Crippen LogP contribution in [0.25, 0.3) is 0 Å². The third kappa shape index (κ3) is 4.06. The van der Waals surface area contributed by atoms with Crippen LogP contribution in [-0.4, -0.2) is 24.7 Å². The Labute approximate surface area is 91.6 Å². The lowest BCUT2D eigenvalue weighted by molar-refractivity contribution is -0.137. The topological polar surface area (TPSA) is 34.1 Å². The van der Waals surface area contributed by atoms with E-state index >= 15 is 0 Å². The minimum absolute atomic E-state index is 0.203. The molecule has 1 N–H and O–H groups in total. The van der Waals surface area contributed by atoms with Gasteiger partial charge in [-0.2, -0.15) is 13.2 Å². The summed E-state index contributed by atoms with van der Waals surface area (Å²) < 4.78 is 42.0. The summed E-state index contributed by atoms with van der Waals surface area (Å²) in [5.41, 5.74) is -0.707. The monoisotopic (exact) mass is 234 g/mol. The van der Waals surface area contributed by atoms with Crippen LogP contribution in [0.5, 0.6) is 0 Å². The predicted octanol–water partition coefficient (Wildman–Crippen LogP) is 2.55. The molecule has 0 atom stereocenters. The van der Waals surface area contributed by atoms with E-state index in [-0.39, 0.29) is 5.82 Å². The molecule has 0 amide bonds. The van der Waals surface area contributed by atoms with Crippen LogP contribution in [0, 0.1) is 0 Å². The van der Waals surface area contributed by atoms with Crippen LogP contribution in [0.2, 0.25) is 0 Å². The van der Waals surface area contributed by atoms with Gasteiger partial charge in [-0.1, -0.05) is 0 Å². The molecule has 6 heteroatoms. The van der Waals surface area contributed by atoms with Crippen LogP contribution in [0.1, 0.15) is 12.5 Å². The average molecular weight is 234 g/mol. The van der Waals surface area contributed by atoms with Crippen molar-refractivity contribution in [3.8, 4) is 0 Å². The quantitative estimate of drug-likeness (QED) is 0.795. The summed E-state index contributed by atoms with van der Waals surface area (Å²) in [5.74, 6) is 0.203. The lowest BCUT2D eigenvalue weighted by Gasteiger charge is -2.09. The predicted molar refractivity (Wildman–Crippen MR) is 54.2 cm³/mol. The molecule has 0 saturated carbocycles. The van der Waals surface area contributed by atoms with Crippen LogP contribution in [-0.2, 0) is 10.9 Å². The normalized spacial score (nSPS) is 11.5. The summed E-state index contributed by atoms with van der Waals surface area (Å²) in [5, 5.41) is 2.76. The number of pyridine rings is 1. The molecule has 3 nitrogen and oxygen atoms in total. The first-order chi connectivity index (χ1) is 7.54. The number of anilines is 1. The highest BCUT2D eigenvalue weighted by molar-refractivity contribution is 5.38. The Morgan fingerprint density at radius 1 is 1.44 bits per heavy atom. The van der Waals surface area contributed by atoms with Gasteiger partial charge in [0, 0.05) is 19.3 Å². The molecule has 0 aromatic carbocycles. The maximum Gasteiger partial charge on any atom is 0.416 e. The van der Waals surface area contributed by atoms with Gasteiger partial charge in [0.25, 0.3) is 0 Å². The summed E-state index contributed by atoms with van der Waals surface area (Å²) in [6.45, 7) is 3.30. The van der Waals surface area contributed by atoms with Gasteiger partial charge in [0.1, 0.15) is 5.82 Å². The minimum atomic E-state index is -4.33. The van der Waals surface area contributed by atoms with Crippen LogP contribution in [0.4, 0.5) is 19.0 Å². The first-order valence-corrected chi connectivity index (χ1v) is 4.89. The fourth-order valence-corrected chi connectivity index (χ4v) is 1.10. The zero-order valence-corrected chi connectivity index (χ0v) is 8.84. The minimum Gasteiger partial charge on any atom is -0.380 e. The van der Waals surface area contributed by atoms with E-state index < -0.39 is 11.7 Å². The van der Waals surface area contributed by atoms with Crippen LogP contribution in [0.15, 0.2) is 18.3 Å². The maximum atomic E-state index is 12.3. The van der Waals surface area contributed by atoms with Gasteiger partial charge in [-0.05, 0) is 19.1 Å². The van der Waals surface area contributed by atoms with Gasteiger partial charge < -0.3 is 10.1 Å². The molecule has 0 radical (unpaired) electrons. The smallest absolute Gasteiger partial charge is 0.380 e. The van der Waals surface area contributed by atoms with Crippen LogP contribution < -0.4 is 5.32 Å². The van der Waals surface area contributed by atoms with E-state index in [0.717, 1.165) is 18.3 Å². The fraction of sp³-hybridized carbons (Fsp3) is 0.500. The van der Waals surface area contributed by atoms with E-state index in [2.05, 4.69) is 10.3 Å². The molecule has 1 aromatic rings. The first-order valence-electron chi connectivity index (χ1n) is 4.89. The molecule has 0 unspecified atom stereocenters. The zero-order chi connectivity index (χ0) is 12.0. The maximum absolute atomic E-state index is 12.3. The average Bonchev–Trinajstić information content (AvgIpc) is 2.24. The second-order valence-corrected chi connectivity index (χ2v) is 3.05. The van der Waals surface area contributed by atoms with E-state index in [1.165, 1.54) is 0 Å². The standard InChI is InChI=1S/C10H13F3N2O/c1-2-16-6-5-15-9-7-8(3-4-14-9)10(11,12)13/h3-4,7H,2,5-6H2,1H3,(H,14,15). The number of nitrogens with zero attached hydrogens (tertiary/aromatic N) is 1. The summed E-state index contributed by atoms with van der Waals surface area (Å²) in [7, 11) is 0. The number of alkyl halides is 3. The third-order valence-corrected chi connectivity index (χ3v) is 1.84. The Balaban J connectivity index is 2.54. The molecular weight excluding hydrogens is 221 g/mol. The van der Waals surface area contributed by atoms with Crippen molar-refractivity contribution in [2.75, 3.05) is 25.1 Å². The number of rotatable bonds is 5. The van der Waals surface area contributed by atoms with Gasteiger partial charge in [-0.15, -0.1) is 0 Å². The Hall–Kier alpha value is -1.30. The molecule has 0 aliphatic heterocycles. The Morgan fingerprint density at radius 2 is 2.19 bits per heavy atom. The van der Waals surface area contributed by atoms with E-state index in [4.69, 9.17) is 4.74 Å². The highest BCUT2D eigenvalue weighted by Crippen LogP contribution is 2.29. The molecule has 0 spiro atoms. The molecular formula is C10H13F3N2O. The largest absolute Gasteiger partial charge is 0.416 e. The van der Waals surface area contributed by atoms with Gasteiger partial charge in [0.15, 0.2) is 0 Å². The number of hydrogen-bond donors (Lipinski definition) is 1. The van der Waals surface area contributed by atoms with Gasteiger partial charge in [-0.3, -0.25) is 0 Å². The number of hydrogen-bond acceptors (Lipinski definition) is 3. The van der Waals surface area contributed by atoms with Crippen LogP contribution in [0.3, 0.4) is 0 Å². The highest BCUT2D eigenvalue weighted by atomic mass is 19.4. The Bertz CT molecular complexity index is 328. The van der Waals surface area contributed by atoms with E-state index in [1.807, 2.05) is 6.92 Å². The Morgan fingerprint density at radius 3 is 2.81 bits per heavy atom.